The fourth-order valence-electron chi connectivity index (χ4n) is 1.50. The molecule has 3 heteroatoms. The predicted molar refractivity (Wildman–Crippen MR) is 60.7 cm³/mol. The Kier molecular flexibility index (Phi) is 2.42. The third-order valence-electron chi connectivity index (χ3n) is 2.24. The Morgan fingerprint density at radius 2 is 2.07 bits per heavy atom. The number of rotatable bonds is 1. The summed E-state index contributed by atoms with van der Waals surface area (Å²) in [6.07, 6.45) is 1.80. The molecule has 0 aliphatic heterocycles. The first kappa shape index (κ1) is 9.46. The van der Waals surface area contributed by atoms with Crippen LogP contribution in [0.3, 0.4) is 0 Å². The molecule has 1 aromatic heterocycles. The zero-order valence-corrected chi connectivity index (χ0v) is 9.63. The highest BCUT2D eigenvalue weighted by molar-refractivity contribution is 9.10. The quantitative estimate of drug-likeness (QED) is 0.776. The third-order valence-corrected chi connectivity index (χ3v) is 2.87. The van der Waals surface area contributed by atoms with E-state index >= 15 is 0 Å². The van der Waals surface area contributed by atoms with Gasteiger partial charge in [0.15, 0.2) is 5.75 Å². The maximum atomic E-state index is 5.30. The molecule has 0 radical (unpaired) electrons. The van der Waals surface area contributed by atoms with Crippen molar-refractivity contribution in [3.05, 3.63) is 34.4 Å². The Labute approximate surface area is 91.0 Å². The van der Waals surface area contributed by atoms with Crippen molar-refractivity contribution in [1.82, 2.24) is 4.98 Å². The second-order valence-corrected chi connectivity index (χ2v) is 3.96. The molecule has 0 fully saturated rings. The lowest BCUT2D eigenvalue weighted by molar-refractivity contribution is 0.416. The first-order valence-electron chi connectivity index (χ1n) is 4.32. The lowest BCUT2D eigenvalue weighted by atomic mass is 10.1. The van der Waals surface area contributed by atoms with E-state index in [1.165, 1.54) is 5.56 Å². The zero-order valence-electron chi connectivity index (χ0n) is 8.04. The van der Waals surface area contributed by atoms with Crippen LogP contribution in [0.5, 0.6) is 5.75 Å². The van der Waals surface area contributed by atoms with Crippen LogP contribution in [0.1, 0.15) is 5.56 Å². The minimum Gasteiger partial charge on any atom is -0.493 e. The fraction of sp³-hybridized carbons (Fsp3) is 0.182. The van der Waals surface area contributed by atoms with Crippen LogP contribution in [0.25, 0.3) is 10.9 Å². The van der Waals surface area contributed by atoms with Gasteiger partial charge in [0.05, 0.1) is 11.6 Å². The summed E-state index contributed by atoms with van der Waals surface area (Å²) < 4.78 is 6.24. The van der Waals surface area contributed by atoms with Crippen molar-refractivity contribution in [1.29, 1.82) is 0 Å². The number of nitrogens with zero attached hydrogens (tertiary/aromatic N) is 1. The normalized spacial score (nSPS) is 10.5. The molecule has 0 saturated heterocycles. The van der Waals surface area contributed by atoms with Gasteiger partial charge in [-0.3, -0.25) is 4.98 Å². The van der Waals surface area contributed by atoms with Gasteiger partial charge in [0.2, 0.25) is 0 Å². The molecule has 2 aromatic rings. The molecule has 14 heavy (non-hydrogen) atoms. The number of hydrogen-bond donors (Lipinski definition) is 0. The minimum absolute atomic E-state index is 0.797. The van der Waals surface area contributed by atoms with E-state index in [0.29, 0.717) is 0 Å². The van der Waals surface area contributed by atoms with Gasteiger partial charge in [-0.1, -0.05) is 6.07 Å². The molecule has 2 nitrogen and oxygen atoms in total. The molecule has 0 saturated carbocycles. The van der Waals surface area contributed by atoms with Crippen molar-refractivity contribution < 1.29 is 4.74 Å². The number of hydrogen-bond acceptors (Lipinski definition) is 2. The van der Waals surface area contributed by atoms with E-state index < -0.39 is 0 Å². The van der Waals surface area contributed by atoms with E-state index in [1.807, 2.05) is 18.2 Å². The molecule has 0 N–H and O–H groups in total. The van der Waals surface area contributed by atoms with Gasteiger partial charge >= 0.3 is 0 Å². The predicted octanol–water partition coefficient (Wildman–Crippen LogP) is 3.31. The van der Waals surface area contributed by atoms with Gasteiger partial charge in [0.25, 0.3) is 0 Å². The molecule has 72 valence electrons. The summed E-state index contributed by atoms with van der Waals surface area (Å²) in [5.41, 5.74) is 2.11. The van der Waals surface area contributed by atoms with E-state index in [9.17, 15) is 0 Å². The first-order valence-corrected chi connectivity index (χ1v) is 5.11. The summed E-state index contributed by atoms with van der Waals surface area (Å²) in [6, 6.07) is 6.02. The lowest BCUT2D eigenvalue weighted by Crippen LogP contribution is -1.90. The standard InChI is InChI=1S/C11H10BrNO/c1-7-5-6-13-10-8(7)3-4-9(12)11(10)14-2/h3-6H,1-2H3. The summed E-state index contributed by atoms with van der Waals surface area (Å²) in [4.78, 5) is 4.32. The Morgan fingerprint density at radius 3 is 2.79 bits per heavy atom. The molecule has 0 unspecified atom stereocenters. The van der Waals surface area contributed by atoms with Crippen molar-refractivity contribution >= 4 is 26.8 Å². The van der Waals surface area contributed by atoms with Crippen molar-refractivity contribution in [3.63, 3.8) is 0 Å². The van der Waals surface area contributed by atoms with Crippen LogP contribution in [0, 0.1) is 6.92 Å². The minimum atomic E-state index is 0.797. The third kappa shape index (κ3) is 1.38. The summed E-state index contributed by atoms with van der Waals surface area (Å²) in [5, 5.41) is 1.13. The van der Waals surface area contributed by atoms with Gasteiger partial charge < -0.3 is 4.74 Å². The topological polar surface area (TPSA) is 22.1 Å². The lowest BCUT2D eigenvalue weighted by Gasteiger charge is -2.07. The van der Waals surface area contributed by atoms with E-state index in [2.05, 4.69) is 27.8 Å². The van der Waals surface area contributed by atoms with Crippen LogP contribution in [0.4, 0.5) is 0 Å². The Bertz CT molecular complexity index is 482. The largest absolute Gasteiger partial charge is 0.493 e. The molecule has 0 aliphatic rings. The van der Waals surface area contributed by atoms with Crippen LogP contribution >= 0.6 is 15.9 Å². The SMILES string of the molecule is COc1c(Br)ccc2c(C)ccnc12. The van der Waals surface area contributed by atoms with Gasteiger partial charge in [0, 0.05) is 11.6 Å². The highest BCUT2D eigenvalue weighted by Gasteiger charge is 2.07. The number of benzene rings is 1. The average Bonchev–Trinajstić information content (AvgIpc) is 2.18. The molecule has 0 bridgehead atoms. The fourth-order valence-corrected chi connectivity index (χ4v) is 1.98. The number of aryl methyl sites for hydroxylation is 1. The van der Waals surface area contributed by atoms with Gasteiger partial charge in [0.1, 0.15) is 5.52 Å². The summed E-state index contributed by atoms with van der Waals surface area (Å²) in [6.45, 7) is 2.07. The van der Waals surface area contributed by atoms with Gasteiger partial charge in [-0.15, -0.1) is 0 Å². The van der Waals surface area contributed by atoms with E-state index in [-0.39, 0.29) is 0 Å². The van der Waals surface area contributed by atoms with Crippen LogP contribution in [0.15, 0.2) is 28.9 Å². The maximum absolute atomic E-state index is 5.30. The van der Waals surface area contributed by atoms with Crippen LogP contribution in [-0.2, 0) is 0 Å². The molecule has 1 aromatic carbocycles. The second kappa shape index (κ2) is 3.58. The van der Waals surface area contributed by atoms with E-state index in [0.717, 1.165) is 21.1 Å². The Hall–Kier alpha value is -1.09. The smallest absolute Gasteiger partial charge is 0.159 e. The van der Waals surface area contributed by atoms with Crippen molar-refractivity contribution in [2.75, 3.05) is 7.11 Å². The van der Waals surface area contributed by atoms with Gasteiger partial charge in [-0.25, -0.2) is 0 Å². The van der Waals surface area contributed by atoms with Crippen LogP contribution in [0.2, 0.25) is 0 Å². The molecular formula is C11H10BrNO. The van der Waals surface area contributed by atoms with E-state index in [4.69, 9.17) is 4.74 Å². The van der Waals surface area contributed by atoms with Crippen molar-refractivity contribution in [2.24, 2.45) is 0 Å². The molecule has 0 amide bonds. The zero-order chi connectivity index (χ0) is 10.1. The molecular weight excluding hydrogens is 242 g/mol. The molecule has 0 atom stereocenters. The van der Waals surface area contributed by atoms with Crippen molar-refractivity contribution in [2.45, 2.75) is 6.92 Å². The van der Waals surface area contributed by atoms with E-state index in [1.54, 1.807) is 13.3 Å². The number of pyridine rings is 1. The Balaban J connectivity index is 2.88. The second-order valence-electron chi connectivity index (χ2n) is 3.10. The van der Waals surface area contributed by atoms with Gasteiger partial charge in [-0.05, 0) is 40.5 Å². The highest BCUT2D eigenvalue weighted by Crippen LogP contribution is 2.32. The van der Waals surface area contributed by atoms with Crippen molar-refractivity contribution in [3.8, 4) is 5.75 Å². The Morgan fingerprint density at radius 1 is 1.29 bits per heavy atom. The maximum Gasteiger partial charge on any atom is 0.159 e. The molecule has 0 aliphatic carbocycles. The molecule has 0 spiro atoms. The molecule has 2 rings (SSSR count). The number of fused-ring (bicyclic) bond motifs is 1. The number of aromatic nitrogens is 1. The van der Waals surface area contributed by atoms with Crippen LogP contribution in [-0.4, -0.2) is 12.1 Å². The monoisotopic (exact) mass is 251 g/mol. The molecule has 1 heterocycles. The summed E-state index contributed by atoms with van der Waals surface area (Å²) in [5.74, 6) is 0.797. The first-order chi connectivity index (χ1) is 6.74. The number of halogens is 1. The highest BCUT2D eigenvalue weighted by atomic mass is 79.9. The van der Waals surface area contributed by atoms with Gasteiger partial charge in [-0.2, -0.15) is 0 Å². The average molecular weight is 252 g/mol. The van der Waals surface area contributed by atoms with Crippen LogP contribution < -0.4 is 4.74 Å². The number of ether oxygens (including phenoxy) is 1. The summed E-state index contributed by atoms with van der Waals surface area (Å²) >= 11 is 3.44. The summed E-state index contributed by atoms with van der Waals surface area (Å²) in [7, 11) is 1.66. The number of methoxy groups -OCH3 is 1.